The van der Waals surface area contributed by atoms with Crippen molar-refractivity contribution in [2.75, 3.05) is 7.05 Å². The van der Waals surface area contributed by atoms with E-state index in [1.165, 1.54) is 7.05 Å². The van der Waals surface area contributed by atoms with Crippen LogP contribution in [0.5, 0.6) is 0 Å². The fraction of sp³-hybridized carbons (Fsp3) is 0.133. The summed E-state index contributed by atoms with van der Waals surface area (Å²) in [5, 5.41) is 0.948. The Morgan fingerprint density at radius 1 is 1.05 bits per heavy atom. The molecule has 4 heteroatoms. The molecule has 0 saturated heterocycles. The van der Waals surface area contributed by atoms with Gasteiger partial charge in [0.1, 0.15) is 0 Å². The zero-order valence-corrected chi connectivity index (χ0v) is 10.5. The second kappa shape index (κ2) is 4.40. The van der Waals surface area contributed by atoms with Gasteiger partial charge in [0.2, 0.25) is 0 Å². The summed E-state index contributed by atoms with van der Waals surface area (Å²) in [6.07, 6.45) is -0.928. The van der Waals surface area contributed by atoms with Gasteiger partial charge in [-0.15, -0.1) is 0 Å². The van der Waals surface area contributed by atoms with Crippen LogP contribution in [0.4, 0.5) is 4.79 Å². The van der Waals surface area contributed by atoms with Gasteiger partial charge in [0.25, 0.3) is 0 Å². The summed E-state index contributed by atoms with van der Waals surface area (Å²) in [5.41, 5.74) is 4.21. The van der Waals surface area contributed by atoms with Crippen LogP contribution in [0.15, 0.2) is 48.5 Å². The first-order valence-electron chi connectivity index (χ1n) is 6.06. The summed E-state index contributed by atoms with van der Waals surface area (Å²) in [7, 11) is 1.47. The van der Waals surface area contributed by atoms with Gasteiger partial charge in [-0.1, -0.05) is 48.5 Å². The van der Waals surface area contributed by atoms with Crippen molar-refractivity contribution in [2.45, 2.75) is 6.10 Å². The molecule has 1 aliphatic carbocycles. The topological polar surface area (TPSA) is 55.6 Å². The van der Waals surface area contributed by atoms with Gasteiger partial charge in [0.15, 0.2) is 6.10 Å². The lowest BCUT2D eigenvalue weighted by molar-refractivity contribution is 0.0863. The maximum Gasteiger partial charge on any atom is 0.424 e. The fourth-order valence-electron chi connectivity index (χ4n) is 2.42. The van der Waals surface area contributed by atoms with E-state index in [2.05, 4.69) is 0 Å². The van der Waals surface area contributed by atoms with Crippen molar-refractivity contribution in [3.63, 3.8) is 0 Å². The molecule has 0 unspecified atom stereocenters. The number of carbonyl (C=O) groups is 1. The minimum absolute atomic E-state index is 0.383. The molecule has 4 nitrogen and oxygen atoms in total. The van der Waals surface area contributed by atoms with Crippen molar-refractivity contribution < 1.29 is 9.53 Å². The highest BCUT2D eigenvalue weighted by Gasteiger charge is 2.31. The first-order chi connectivity index (χ1) is 9.18. The van der Waals surface area contributed by atoms with Gasteiger partial charge in [-0.05, 0) is 11.1 Å². The first-order valence-corrected chi connectivity index (χ1v) is 6.06. The van der Waals surface area contributed by atoms with E-state index in [1.807, 2.05) is 48.5 Å². The van der Waals surface area contributed by atoms with Gasteiger partial charge >= 0.3 is 6.09 Å². The third kappa shape index (κ3) is 1.86. The minimum Gasteiger partial charge on any atom is -0.435 e. The van der Waals surface area contributed by atoms with Crippen LogP contribution in [0.1, 0.15) is 17.2 Å². The van der Waals surface area contributed by atoms with E-state index in [0.29, 0.717) is 0 Å². The number of hydrazine groups is 1. The number of benzene rings is 2. The number of rotatable bonds is 1. The van der Waals surface area contributed by atoms with E-state index >= 15 is 0 Å². The average molecular weight is 254 g/mol. The van der Waals surface area contributed by atoms with E-state index in [9.17, 15) is 4.79 Å². The van der Waals surface area contributed by atoms with Gasteiger partial charge < -0.3 is 4.74 Å². The summed E-state index contributed by atoms with van der Waals surface area (Å²) in [4.78, 5) is 11.7. The number of fused-ring (bicyclic) bond motifs is 3. The van der Waals surface area contributed by atoms with Crippen LogP contribution in [-0.4, -0.2) is 18.1 Å². The molecule has 0 bridgehead atoms. The van der Waals surface area contributed by atoms with Crippen molar-refractivity contribution in [3.05, 3.63) is 59.7 Å². The molecule has 2 aromatic rings. The van der Waals surface area contributed by atoms with Crippen molar-refractivity contribution in [2.24, 2.45) is 5.84 Å². The highest BCUT2D eigenvalue weighted by atomic mass is 16.6. The molecular weight excluding hydrogens is 240 g/mol. The van der Waals surface area contributed by atoms with Crippen LogP contribution in [0, 0.1) is 0 Å². The smallest absolute Gasteiger partial charge is 0.424 e. The van der Waals surface area contributed by atoms with Gasteiger partial charge in [-0.25, -0.2) is 15.6 Å². The van der Waals surface area contributed by atoms with E-state index in [1.54, 1.807) is 0 Å². The lowest BCUT2D eigenvalue weighted by Gasteiger charge is -2.17. The molecule has 2 N–H and O–H groups in total. The van der Waals surface area contributed by atoms with E-state index in [0.717, 1.165) is 27.3 Å². The Kier molecular flexibility index (Phi) is 2.72. The van der Waals surface area contributed by atoms with E-state index in [-0.39, 0.29) is 6.10 Å². The third-order valence-corrected chi connectivity index (χ3v) is 3.28. The maximum atomic E-state index is 11.7. The Bertz CT molecular complexity index is 592. The van der Waals surface area contributed by atoms with Crippen LogP contribution in [0.25, 0.3) is 11.1 Å². The summed E-state index contributed by atoms with van der Waals surface area (Å²) in [6.45, 7) is 0. The highest BCUT2D eigenvalue weighted by Crippen LogP contribution is 2.45. The third-order valence-electron chi connectivity index (χ3n) is 3.28. The quantitative estimate of drug-likeness (QED) is 0.483. The first kappa shape index (κ1) is 11.7. The Balaban J connectivity index is 2.07. The minimum atomic E-state index is -0.545. The van der Waals surface area contributed by atoms with Crippen LogP contribution in [-0.2, 0) is 4.74 Å². The largest absolute Gasteiger partial charge is 0.435 e. The second-order valence-corrected chi connectivity index (χ2v) is 4.55. The molecule has 0 aromatic heterocycles. The number of amides is 1. The molecule has 0 aliphatic heterocycles. The molecular formula is C15H14N2O2. The molecule has 0 heterocycles. The average Bonchev–Trinajstić information content (AvgIpc) is 2.74. The second-order valence-electron chi connectivity index (χ2n) is 4.55. The van der Waals surface area contributed by atoms with Gasteiger partial charge in [-0.2, -0.15) is 0 Å². The predicted octanol–water partition coefficient (Wildman–Crippen LogP) is 2.70. The summed E-state index contributed by atoms with van der Waals surface area (Å²) >= 11 is 0. The predicted molar refractivity (Wildman–Crippen MR) is 72.2 cm³/mol. The number of hydrogen-bond acceptors (Lipinski definition) is 3. The normalized spacial score (nSPS) is 12.7. The van der Waals surface area contributed by atoms with Crippen LogP contribution in [0.2, 0.25) is 0 Å². The highest BCUT2D eigenvalue weighted by molar-refractivity contribution is 5.79. The summed E-state index contributed by atoms with van der Waals surface area (Å²) in [6, 6.07) is 15.9. The van der Waals surface area contributed by atoms with Crippen molar-refractivity contribution in [1.29, 1.82) is 0 Å². The molecule has 0 spiro atoms. The maximum absolute atomic E-state index is 11.7. The Hall–Kier alpha value is -2.33. The van der Waals surface area contributed by atoms with Gasteiger partial charge in [0, 0.05) is 18.2 Å². The Morgan fingerprint density at radius 3 is 2.00 bits per heavy atom. The molecule has 3 rings (SSSR count). The number of nitrogens with two attached hydrogens (primary N) is 1. The molecule has 1 aliphatic rings. The zero-order chi connectivity index (χ0) is 13.4. The van der Waals surface area contributed by atoms with E-state index < -0.39 is 6.09 Å². The molecule has 96 valence electrons. The number of nitrogens with zero attached hydrogens (tertiary/aromatic N) is 1. The fourth-order valence-corrected chi connectivity index (χ4v) is 2.42. The summed E-state index contributed by atoms with van der Waals surface area (Å²) in [5.74, 6) is 5.41. The lowest BCUT2D eigenvalue weighted by Crippen LogP contribution is -2.34. The number of hydrogen-bond donors (Lipinski definition) is 1. The standard InChI is InChI=1S/C15H14N2O2/c1-17(16)15(18)19-14-12-8-4-2-6-10(12)11-7-3-5-9-13(11)14/h2-9,14H,16H2,1H3. The molecule has 0 atom stereocenters. The van der Waals surface area contributed by atoms with Crippen molar-refractivity contribution in [1.82, 2.24) is 5.01 Å². The van der Waals surface area contributed by atoms with Gasteiger partial charge in [0.05, 0.1) is 0 Å². The van der Waals surface area contributed by atoms with Crippen LogP contribution < -0.4 is 5.84 Å². The van der Waals surface area contributed by atoms with Gasteiger partial charge in [-0.3, -0.25) is 0 Å². The molecule has 0 saturated carbocycles. The SMILES string of the molecule is CN(N)C(=O)OC1c2ccccc2-c2ccccc21. The monoisotopic (exact) mass is 254 g/mol. The van der Waals surface area contributed by atoms with E-state index in [4.69, 9.17) is 10.6 Å². The summed E-state index contributed by atoms with van der Waals surface area (Å²) < 4.78 is 5.49. The molecule has 1 amide bonds. The van der Waals surface area contributed by atoms with Crippen LogP contribution >= 0.6 is 0 Å². The Morgan fingerprint density at radius 2 is 1.53 bits per heavy atom. The molecule has 19 heavy (non-hydrogen) atoms. The zero-order valence-electron chi connectivity index (χ0n) is 10.5. The van der Waals surface area contributed by atoms with Crippen LogP contribution in [0.3, 0.4) is 0 Å². The Labute approximate surface area is 111 Å². The molecule has 0 fully saturated rings. The molecule has 0 radical (unpaired) electrons. The number of ether oxygens (including phenoxy) is 1. The molecule has 2 aromatic carbocycles. The van der Waals surface area contributed by atoms with Crippen molar-refractivity contribution in [3.8, 4) is 11.1 Å². The lowest BCUT2D eigenvalue weighted by atomic mass is 10.1. The van der Waals surface area contributed by atoms with Crippen molar-refractivity contribution >= 4 is 6.09 Å². The number of carbonyl (C=O) groups excluding carboxylic acids is 1.